The molecule has 1 aromatic carbocycles. The molecule has 5 heteroatoms. The van der Waals surface area contributed by atoms with Crippen LogP contribution in [0.4, 0.5) is 14.5 Å². The van der Waals surface area contributed by atoms with Crippen molar-refractivity contribution in [3.05, 3.63) is 23.8 Å². The van der Waals surface area contributed by atoms with Gasteiger partial charge in [-0.2, -0.15) is 0 Å². The van der Waals surface area contributed by atoms with Crippen molar-refractivity contribution in [3.8, 4) is 5.75 Å². The molecule has 0 amide bonds. The van der Waals surface area contributed by atoms with Gasteiger partial charge in [-0.3, -0.25) is 0 Å². The van der Waals surface area contributed by atoms with Crippen molar-refractivity contribution in [2.24, 2.45) is 5.73 Å². The van der Waals surface area contributed by atoms with Gasteiger partial charge in [-0.25, -0.2) is 8.78 Å². The van der Waals surface area contributed by atoms with Gasteiger partial charge in [-0.05, 0) is 19.9 Å². The molecule has 0 heterocycles. The van der Waals surface area contributed by atoms with Crippen LogP contribution in [-0.4, -0.2) is 24.6 Å². The molecule has 0 saturated carbocycles. The van der Waals surface area contributed by atoms with Crippen LogP contribution in [-0.2, 0) is 0 Å². The average molecular weight is 258 g/mol. The monoisotopic (exact) mass is 258 g/mol. The zero-order valence-corrected chi connectivity index (χ0v) is 10.7. The molecule has 3 nitrogen and oxygen atoms in total. The molecule has 1 rings (SSSR count). The first-order valence-electron chi connectivity index (χ1n) is 6.11. The summed E-state index contributed by atoms with van der Waals surface area (Å²) < 4.78 is 24.5. The Labute approximate surface area is 106 Å². The Kier molecular flexibility index (Phi) is 5.34. The Balaban J connectivity index is 2.91. The van der Waals surface area contributed by atoms with Gasteiger partial charge in [0.15, 0.2) is 0 Å². The largest absolute Gasteiger partial charge is 0.508 e. The Hall–Kier alpha value is -1.36. The number of phenolic OH excluding ortho intramolecular Hbond substituents is 1. The fraction of sp³-hybridized carbons (Fsp3) is 0.538. The summed E-state index contributed by atoms with van der Waals surface area (Å²) in [6, 6.07) is 4.16. The SMILES string of the molecule is CCN(CC)c1ccc([C@@H](N)CC(F)F)c(O)c1. The summed E-state index contributed by atoms with van der Waals surface area (Å²) in [5.41, 5.74) is 6.87. The van der Waals surface area contributed by atoms with E-state index in [0.29, 0.717) is 5.56 Å². The molecule has 0 aromatic heterocycles. The van der Waals surface area contributed by atoms with Crippen molar-refractivity contribution in [1.82, 2.24) is 0 Å². The number of hydrogen-bond donors (Lipinski definition) is 2. The van der Waals surface area contributed by atoms with Crippen molar-refractivity contribution >= 4 is 5.69 Å². The number of nitrogens with zero attached hydrogens (tertiary/aromatic N) is 1. The molecule has 1 atom stereocenters. The Morgan fingerprint density at radius 2 is 1.89 bits per heavy atom. The fourth-order valence-electron chi connectivity index (χ4n) is 1.95. The van der Waals surface area contributed by atoms with Gasteiger partial charge in [-0.1, -0.05) is 6.07 Å². The topological polar surface area (TPSA) is 49.5 Å². The lowest BCUT2D eigenvalue weighted by Gasteiger charge is -2.22. The van der Waals surface area contributed by atoms with Gasteiger partial charge in [0.2, 0.25) is 6.43 Å². The van der Waals surface area contributed by atoms with Crippen molar-refractivity contribution in [2.75, 3.05) is 18.0 Å². The molecule has 0 radical (unpaired) electrons. The van der Waals surface area contributed by atoms with Gasteiger partial charge in [0.25, 0.3) is 0 Å². The quantitative estimate of drug-likeness (QED) is 0.825. The summed E-state index contributed by atoms with van der Waals surface area (Å²) in [4.78, 5) is 2.06. The van der Waals surface area contributed by atoms with Crippen LogP contribution in [0.3, 0.4) is 0 Å². The van der Waals surface area contributed by atoms with Gasteiger partial charge < -0.3 is 15.7 Å². The molecular formula is C13H20F2N2O. The highest BCUT2D eigenvalue weighted by molar-refractivity contribution is 5.54. The van der Waals surface area contributed by atoms with Crippen molar-refractivity contribution in [3.63, 3.8) is 0 Å². The van der Waals surface area contributed by atoms with Crippen LogP contribution in [0.25, 0.3) is 0 Å². The lowest BCUT2D eigenvalue weighted by Crippen LogP contribution is -2.22. The smallest absolute Gasteiger partial charge is 0.240 e. The van der Waals surface area contributed by atoms with Crippen LogP contribution in [0, 0.1) is 0 Å². The second kappa shape index (κ2) is 6.54. The van der Waals surface area contributed by atoms with E-state index >= 15 is 0 Å². The van der Waals surface area contributed by atoms with E-state index in [1.165, 1.54) is 0 Å². The molecule has 3 N–H and O–H groups in total. The highest BCUT2D eigenvalue weighted by Crippen LogP contribution is 2.30. The number of alkyl halides is 2. The Morgan fingerprint density at radius 1 is 1.28 bits per heavy atom. The van der Waals surface area contributed by atoms with Crippen LogP contribution in [0.1, 0.15) is 31.9 Å². The maximum atomic E-state index is 12.2. The maximum absolute atomic E-state index is 12.2. The van der Waals surface area contributed by atoms with Crippen molar-refractivity contribution < 1.29 is 13.9 Å². The molecule has 0 aliphatic rings. The molecule has 0 aliphatic carbocycles. The van der Waals surface area contributed by atoms with Crippen molar-refractivity contribution in [2.45, 2.75) is 32.7 Å². The first kappa shape index (κ1) is 14.7. The number of anilines is 1. The summed E-state index contributed by atoms with van der Waals surface area (Å²) in [7, 11) is 0. The first-order chi connectivity index (χ1) is 8.49. The van der Waals surface area contributed by atoms with E-state index in [2.05, 4.69) is 4.90 Å². The lowest BCUT2D eigenvalue weighted by molar-refractivity contribution is 0.128. The van der Waals surface area contributed by atoms with Crippen LogP contribution in [0.15, 0.2) is 18.2 Å². The summed E-state index contributed by atoms with van der Waals surface area (Å²) in [6.45, 7) is 5.66. The second-order valence-corrected chi connectivity index (χ2v) is 4.15. The van der Waals surface area contributed by atoms with Crippen molar-refractivity contribution in [1.29, 1.82) is 0 Å². The van der Waals surface area contributed by atoms with E-state index in [0.717, 1.165) is 18.8 Å². The highest BCUT2D eigenvalue weighted by atomic mass is 19.3. The zero-order valence-electron chi connectivity index (χ0n) is 10.7. The second-order valence-electron chi connectivity index (χ2n) is 4.15. The van der Waals surface area contributed by atoms with E-state index in [9.17, 15) is 13.9 Å². The van der Waals surface area contributed by atoms with Gasteiger partial charge in [-0.15, -0.1) is 0 Å². The van der Waals surface area contributed by atoms with E-state index < -0.39 is 18.9 Å². The summed E-state index contributed by atoms with van der Waals surface area (Å²) in [5.74, 6) is -0.0208. The van der Waals surface area contributed by atoms with Gasteiger partial charge in [0.05, 0.1) is 0 Å². The fourth-order valence-corrected chi connectivity index (χ4v) is 1.95. The molecule has 0 fully saturated rings. The number of nitrogens with two attached hydrogens (primary N) is 1. The minimum absolute atomic E-state index is 0.0208. The van der Waals surface area contributed by atoms with Gasteiger partial charge in [0, 0.05) is 42.9 Å². The number of hydrogen-bond acceptors (Lipinski definition) is 3. The number of rotatable bonds is 6. The molecule has 102 valence electrons. The number of aromatic hydroxyl groups is 1. The minimum Gasteiger partial charge on any atom is -0.508 e. The molecule has 0 bridgehead atoms. The molecule has 0 saturated heterocycles. The lowest BCUT2D eigenvalue weighted by atomic mass is 10.0. The molecule has 0 unspecified atom stereocenters. The highest BCUT2D eigenvalue weighted by Gasteiger charge is 2.17. The van der Waals surface area contributed by atoms with Gasteiger partial charge in [0.1, 0.15) is 5.75 Å². The molecule has 18 heavy (non-hydrogen) atoms. The van der Waals surface area contributed by atoms with Gasteiger partial charge >= 0.3 is 0 Å². The first-order valence-corrected chi connectivity index (χ1v) is 6.11. The predicted octanol–water partition coefficient (Wildman–Crippen LogP) is 2.89. The maximum Gasteiger partial charge on any atom is 0.240 e. The molecule has 0 aliphatic heterocycles. The standard InChI is InChI=1S/C13H20F2N2O/c1-3-17(4-2)9-5-6-10(12(18)7-9)11(16)8-13(14)15/h5-7,11,13,18H,3-4,8,16H2,1-2H3/t11-/m0/s1. The third-order valence-electron chi connectivity index (χ3n) is 2.97. The van der Waals surface area contributed by atoms with E-state index in [4.69, 9.17) is 5.73 Å². The molecule has 1 aromatic rings. The summed E-state index contributed by atoms with van der Waals surface area (Å²) in [6.07, 6.45) is -2.92. The summed E-state index contributed by atoms with van der Waals surface area (Å²) in [5, 5.41) is 9.86. The van der Waals surface area contributed by atoms with Crippen LogP contribution in [0.2, 0.25) is 0 Å². The normalized spacial score (nSPS) is 12.8. The number of benzene rings is 1. The Morgan fingerprint density at radius 3 is 2.33 bits per heavy atom. The van der Waals surface area contributed by atoms with Crippen LogP contribution in [0.5, 0.6) is 5.75 Å². The average Bonchev–Trinajstić information content (AvgIpc) is 2.29. The zero-order chi connectivity index (χ0) is 13.7. The van der Waals surface area contributed by atoms with E-state index in [1.807, 2.05) is 13.8 Å². The van der Waals surface area contributed by atoms with Crippen LogP contribution < -0.4 is 10.6 Å². The number of halogens is 2. The summed E-state index contributed by atoms with van der Waals surface area (Å²) >= 11 is 0. The van der Waals surface area contributed by atoms with Crippen LogP contribution >= 0.6 is 0 Å². The van der Waals surface area contributed by atoms with E-state index in [-0.39, 0.29) is 5.75 Å². The minimum atomic E-state index is -2.47. The molecule has 0 spiro atoms. The predicted molar refractivity (Wildman–Crippen MR) is 69.2 cm³/mol. The Bertz CT molecular complexity index is 381. The third-order valence-corrected chi connectivity index (χ3v) is 2.97. The van der Waals surface area contributed by atoms with E-state index in [1.54, 1.807) is 18.2 Å². The molecular weight excluding hydrogens is 238 g/mol. The third kappa shape index (κ3) is 3.57. The number of phenols is 1.